The molecule has 2 unspecified atom stereocenters. The normalized spacial score (nSPS) is 15.2. The Balaban J connectivity index is 0.000000153. The van der Waals surface area contributed by atoms with Crippen LogP contribution in [-0.4, -0.2) is 46.5 Å². The lowest BCUT2D eigenvalue weighted by Crippen LogP contribution is -2.26. The van der Waals surface area contributed by atoms with Gasteiger partial charge < -0.3 is 9.47 Å². The minimum Gasteiger partial charge on any atom is -0.383 e. The molecule has 0 amide bonds. The number of hydrogen-bond donors (Lipinski definition) is 0. The molecule has 268 valence electrons. The molecule has 2 aliphatic rings. The Morgan fingerprint density at radius 2 is 1.21 bits per heavy atom. The molecule has 0 N–H and O–H groups in total. The summed E-state index contributed by atoms with van der Waals surface area (Å²) in [6.45, 7) is 1.08. The number of nitrogens with zero attached hydrogens (tertiary/aromatic N) is 4. The molecule has 11 heteroatoms. The first-order valence-electron chi connectivity index (χ1n) is 16.9. The van der Waals surface area contributed by atoms with Crippen LogP contribution >= 0.6 is 15.9 Å². The number of benzene rings is 4. The number of aryl methyl sites for hydroxylation is 2. The minimum atomic E-state index is -0.314. The highest BCUT2D eigenvalue weighted by Crippen LogP contribution is 2.26. The van der Waals surface area contributed by atoms with Crippen molar-refractivity contribution in [3.8, 4) is 24.2 Å². The number of terminal acetylenes is 1. The lowest BCUT2D eigenvalue weighted by molar-refractivity contribution is 0.157. The van der Waals surface area contributed by atoms with Gasteiger partial charge in [-0.25, -0.2) is 18.7 Å². The van der Waals surface area contributed by atoms with Gasteiger partial charge in [-0.05, 0) is 85.6 Å². The molecule has 0 saturated carbocycles. The molecule has 0 saturated heterocycles. The van der Waals surface area contributed by atoms with Crippen molar-refractivity contribution >= 4 is 37.7 Å². The average molecular weight is 778 g/mol. The Morgan fingerprint density at radius 3 is 1.72 bits per heavy atom. The fourth-order valence-corrected chi connectivity index (χ4v) is 6.83. The Hall–Kier alpha value is -5.46. The SMILES string of the molecule is C#Cc1cccc(F)c1.COCC1CCc2nc3cc(Br)ccc3c(=O)n21.COCC1CCc2nc3cc(C#Cc4cccc(F)c4)ccc3c(=O)n21. The molecule has 6 aromatic rings. The predicted octanol–water partition coefficient (Wildman–Crippen LogP) is 7.17. The van der Waals surface area contributed by atoms with Gasteiger partial charge >= 0.3 is 0 Å². The zero-order valence-corrected chi connectivity index (χ0v) is 30.7. The van der Waals surface area contributed by atoms with Crippen molar-refractivity contribution in [1.82, 2.24) is 19.1 Å². The molecule has 53 heavy (non-hydrogen) atoms. The molecule has 0 bridgehead atoms. The number of ether oxygens (including phenoxy) is 2. The second-order valence-corrected chi connectivity index (χ2v) is 13.4. The van der Waals surface area contributed by atoms with Gasteiger partial charge in [0, 0.05) is 48.2 Å². The quantitative estimate of drug-likeness (QED) is 0.177. The summed E-state index contributed by atoms with van der Waals surface area (Å²) in [6.07, 6.45) is 8.39. The van der Waals surface area contributed by atoms with Gasteiger partial charge in [-0.3, -0.25) is 18.7 Å². The van der Waals surface area contributed by atoms with Crippen LogP contribution in [0.25, 0.3) is 21.8 Å². The first-order chi connectivity index (χ1) is 25.7. The number of halogens is 3. The number of aromatic nitrogens is 4. The zero-order chi connectivity index (χ0) is 37.5. The Bertz CT molecular complexity index is 2530. The van der Waals surface area contributed by atoms with Gasteiger partial charge in [-0.15, -0.1) is 6.42 Å². The molecule has 2 aromatic heterocycles. The first-order valence-corrected chi connectivity index (χ1v) is 17.7. The van der Waals surface area contributed by atoms with E-state index in [4.69, 9.17) is 15.9 Å². The molecule has 4 heterocycles. The van der Waals surface area contributed by atoms with Crippen molar-refractivity contribution in [2.24, 2.45) is 0 Å². The van der Waals surface area contributed by atoms with E-state index in [0.717, 1.165) is 52.9 Å². The standard InChI is InChI=1S/C21H17FN2O2.C13H13BrN2O2.C8H5F/c1-26-13-17-8-10-20-23-19-12-15(7-9-18(19)21(25)24(17)20)6-5-14-3-2-4-16(22)11-14;1-18-7-9-3-5-12-15-11-6-8(14)2-4-10(11)13(17)16(9)12;1-2-7-4-3-5-8(9)6-7/h2-4,7,9,11-12,17H,8,10,13H2,1H3;2,4,6,9H,3,5,7H2,1H3;1,3-6H. The van der Waals surface area contributed by atoms with E-state index in [1.807, 2.05) is 24.3 Å². The number of rotatable bonds is 4. The largest absolute Gasteiger partial charge is 0.383 e. The number of fused-ring (bicyclic) bond motifs is 4. The maximum Gasteiger partial charge on any atom is 0.261 e. The van der Waals surface area contributed by atoms with Crippen LogP contribution in [0.3, 0.4) is 0 Å². The van der Waals surface area contributed by atoms with Crippen LogP contribution < -0.4 is 11.1 Å². The lowest BCUT2D eigenvalue weighted by Gasteiger charge is -2.13. The molecular formula is C42H35BrF2N4O4. The topological polar surface area (TPSA) is 88.2 Å². The second-order valence-electron chi connectivity index (χ2n) is 12.5. The first kappa shape index (κ1) is 37.3. The van der Waals surface area contributed by atoms with E-state index in [1.165, 1.54) is 24.3 Å². The number of methoxy groups -OCH3 is 2. The van der Waals surface area contributed by atoms with Crippen molar-refractivity contribution in [3.63, 3.8) is 0 Å². The van der Waals surface area contributed by atoms with E-state index in [9.17, 15) is 18.4 Å². The van der Waals surface area contributed by atoms with Crippen LogP contribution in [0.4, 0.5) is 8.78 Å². The van der Waals surface area contributed by atoms with Gasteiger partial charge in [0.1, 0.15) is 23.3 Å². The van der Waals surface area contributed by atoms with Gasteiger partial charge in [0.15, 0.2) is 0 Å². The van der Waals surface area contributed by atoms with E-state index < -0.39 is 0 Å². The van der Waals surface area contributed by atoms with Gasteiger partial charge in [0.2, 0.25) is 0 Å². The van der Waals surface area contributed by atoms with E-state index in [1.54, 1.807) is 59.8 Å². The van der Waals surface area contributed by atoms with Crippen molar-refractivity contribution in [2.45, 2.75) is 37.8 Å². The van der Waals surface area contributed by atoms with Crippen LogP contribution in [0.5, 0.6) is 0 Å². The molecular weight excluding hydrogens is 742 g/mol. The summed E-state index contributed by atoms with van der Waals surface area (Å²) < 4.78 is 40.4. The third-order valence-corrected chi connectivity index (χ3v) is 9.42. The third kappa shape index (κ3) is 8.61. The summed E-state index contributed by atoms with van der Waals surface area (Å²) in [4.78, 5) is 34.5. The summed E-state index contributed by atoms with van der Waals surface area (Å²) >= 11 is 3.41. The van der Waals surface area contributed by atoms with Gasteiger partial charge in [-0.1, -0.05) is 45.8 Å². The maximum absolute atomic E-state index is 13.2. The predicted molar refractivity (Wildman–Crippen MR) is 205 cm³/mol. The molecule has 8 nitrogen and oxygen atoms in total. The second kappa shape index (κ2) is 16.9. The van der Waals surface area contributed by atoms with Crippen LogP contribution in [0.2, 0.25) is 0 Å². The van der Waals surface area contributed by atoms with Gasteiger partial charge in [-0.2, -0.15) is 0 Å². The molecule has 8 rings (SSSR count). The highest BCUT2D eigenvalue weighted by atomic mass is 79.9. The summed E-state index contributed by atoms with van der Waals surface area (Å²) in [7, 11) is 3.30. The molecule has 0 radical (unpaired) electrons. The molecule has 0 aliphatic carbocycles. The Morgan fingerprint density at radius 1 is 0.717 bits per heavy atom. The van der Waals surface area contributed by atoms with E-state index in [0.29, 0.717) is 40.6 Å². The van der Waals surface area contributed by atoms with E-state index in [-0.39, 0.29) is 34.8 Å². The molecule has 2 atom stereocenters. The van der Waals surface area contributed by atoms with Gasteiger partial charge in [0.05, 0.1) is 47.1 Å². The molecule has 4 aromatic carbocycles. The Kier molecular flexibility index (Phi) is 11.9. The highest BCUT2D eigenvalue weighted by Gasteiger charge is 2.26. The summed E-state index contributed by atoms with van der Waals surface area (Å²) in [5.41, 5.74) is 3.34. The van der Waals surface area contributed by atoms with Crippen molar-refractivity contribution < 1.29 is 18.3 Å². The summed E-state index contributed by atoms with van der Waals surface area (Å²) in [5.74, 6) is 9.34. The summed E-state index contributed by atoms with van der Waals surface area (Å²) in [5, 5.41) is 1.25. The van der Waals surface area contributed by atoms with Gasteiger partial charge in [0.25, 0.3) is 11.1 Å². The van der Waals surface area contributed by atoms with Crippen molar-refractivity contribution in [3.05, 3.63) is 150 Å². The van der Waals surface area contributed by atoms with E-state index in [2.05, 4.69) is 43.7 Å². The van der Waals surface area contributed by atoms with Crippen LogP contribution in [-0.2, 0) is 22.3 Å². The van der Waals surface area contributed by atoms with Crippen LogP contribution in [0.1, 0.15) is 53.3 Å². The lowest BCUT2D eigenvalue weighted by atomic mass is 10.1. The van der Waals surface area contributed by atoms with Crippen molar-refractivity contribution in [1.29, 1.82) is 0 Å². The molecule has 0 spiro atoms. The van der Waals surface area contributed by atoms with Crippen LogP contribution in [0.15, 0.2) is 99.0 Å². The molecule has 2 aliphatic heterocycles. The summed E-state index contributed by atoms with van der Waals surface area (Å²) in [6, 6.07) is 23.2. The number of hydrogen-bond acceptors (Lipinski definition) is 6. The van der Waals surface area contributed by atoms with E-state index >= 15 is 0 Å². The zero-order valence-electron chi connectivity index (χ0n) is 29.1. The molecule has 0 fully saturated rings. The van der Waals surface area contributed by atoms with Crippen LogP contribution in [0, 0.1) is 35.8 Å². The van der Waals surface area contributed by atoms with Crippen molar-refractivity contribution in [2.75, 3.05) is 27.4 Å². The smallest absolute Gasteiger partial charge is 0.261 e. The minimum absolute atomic E-state index is 0.0332. The Labute approximate surface area is 313 Å². The monoisotopic (exact) mass is 776 g/mol. The fourth-order valence-electron chi connectivity index (χ4n) is 6.49. The fraction of sp³-hybridized carbons (Fsp3) is 0.238. The maximum atomic E-state index is 13.2. The highest BCUT2D eigenvalue weighted by molar-refractivity contribution is 9.10. The average Bonchev–Trinajstić information content (AvgIpc) is 3.75. The third-order valence-electron chi connectivity index (χ3n) is 8.93.